The quantitative estimate of drug-likeness (QED) is 0.934. The minimum Gasteiger partial charge on any atom is -0.347 e. The third-order valence-corrected chi connectivity index (χ3v) is 4.78. The standard InChI is InChI=1S/C15H19N5OS/c1-11(21)19-13(14-16-7-10-22-14)12-3-8-20(9-4-12)15-17-5-2-6-18-15/h2,5-7,10,12-13H,3-4,8-9H2,1H3,(H,19,21)/t13-/m0/s1. The summed E-state index contributed by atoms with van der Waals surface area (Å²) < 4.78 is 0. The van der Waals surface area contributed by atoms with E-state index in [1.165, 1.54) is 0 Å². The van der Waals surface area contributed by atoms with Crippen LogP contribution in [0.3, 0.4) is 0 Å². The SMILES string of the molecule is CC(=O)N[C@H](c1nccs1)C1CCN(c2ncccn2)CC1. The topological polar surface area (TPSA) is 71.0 Å². The zero-order chi connectivity index (χ0) is 15.4. The van der Waals surface area contributed by atoms with E-state index in [0.29, 0.717) is 5.92 Å². The number of piperidine rings is 1. The molecule has 0 aliphatic carbocycles. The zero-order valence-electron chi connectivity index (χ0n) is 12.5. The average molecular weight is 317 g/mol. The number of nitrogens with one attached hydrogen (secondary N) is 1. The van der Waals surface area contributed by atoms with Crippen LogP contribution in [0.2, 0.25) is 0 Å². The highest BCUT2D eigenvalue weighted by atomic mass is 32.1. The Kier molecular flexibility index (Phi) is 4.62. The van der Waals surface area contributed by atoms with Crippen LogP contribution in [0, 0.1) is 5.92 Å². The molecule has 6 nitrogen and oxygen atoms in total. The Hall–Kier alpha value is -2.02. The molecular formula is C15H19N5OS. The van der Waals surface area contributed by atoms with Crippen LogP contribution in [-0.2, 0) is 4.79 Å². The van der Waals surface area contributed by atoms with Crippen molar-refractivity contribution >= 4 is 23.2 Å². The molecule has 0 radical (unpaired) electrons. The highest BCUT2D eigenvalue weighted by Crippen LogP contribution is 2.32. The molecule has 0 saturated carbocycles. The monoisotopic (exact) mass is 317 g/mol. The predicted octanol–water partition coefficient (Wildman–Crippen LogP) is 2.03. The first-order valence-corrected chi connectivity index (χ1v) is 8.30. The van der Waals surface area contributed by atoms with Gasteiger partial charge in [0.1, 0.15) is 5.01 Å². The Bertz CT molecular complexity index is 596. The summed E-state index contributed by atoms with van der Waals surface area (Å²) in [6.07, 6.45) is 7.31. The fraction of sp³-hybridized carbons (Fsp3) is 0.467. The van der Waals surface area contributed by atoms with Gasteiger partial charge in [0.05, 0.1) is 6.04 Å². The van der Waals surface area contributed by atoms with E-state index in [1.807, 2.05) is 11.4 Å². The number of nitrogens with zero attached hydrogens (tertiary/aromatic N) is 4. The second-order valence-corrected chi connectivity index (χ2v) is 6.35. The fourth-order valence-electron chi connectivity index (χ4n) is 2.88. The summed E-state index contributed by atoms with van der Waals surface area (Å²) in [4.78, 5) is 26.7. The molecule has 1 amide bonds. The van der Waals surface area contributed by atoms with Crippen molar-refractivity contribution in [3.63, 3.8) is 0 Å². The largest absolute Gasteiger partial charge is 0.347 e. The molecule has 1 fully saturated rings. The summed E-state index contributed by atoms with van der Waals surface area (Å²) in [5, 5.41) is 6.01. The number of rotatable bonds is 4. The van der Waals surface area contributed by atoms with Crippen molar-refractivity contribution in [3.05, 3.63) is 35.0 Å². The molecule has 0 spiro atoms. The highest BCUT2D eigenvalue weighted by Gasteiger charge is 2.30. The maximum atomic E-state index is 11.5. The van der Waals surface area contributed by atoms with Crippen LogP contribution >= 0.6 is 11.3 Å². The average Bonchev–Trinajstić information content (AvgIpc) is 3.08. The van der Waals surface area contributed by atoms with Gasteiger partial charge in [0, 0.05) is 44.0 Å². The van der Waals surface area contributed by atoms with Gasteiger partial charge < -0.3 is 10.2 Å². The second-order valence-electron chi connectivity index (χ2n) is 5.42. The Morgan fingerprint density at radius 3 is 2.59 bits per heavy atom. The fourth-order valence-corrected chi connectivity index (χ4v) is 3.66. The summed E-state index contributed by atoms with van der Waals surface area (Å²) in [5.74, 6) is 1.18. The molecule has 1 atom stereocenters. The molecule has 0 unspecified atom stereocenters. The molecule has 22 heavy (non-hydrogen) atoms. The number of anilines is 1. The van der Waals surface area contributed by atoms with Gasteiger partial charge in [0.25, 0.3) is 0 Å². The van der Waals surface area contributed by atoms with Crippen LogP contribution in [0.5, 0.6) is 0 Å². The lowest BCUT2D eigenvalue weighted by molar-refractivity contribution is -0.120. The Balaban J connectivity index is 1.67. The van der Waals surface area contributed by atoms with E-state index in [4.69, 9.17) is 0 Å². The number of hydrogen-bond donors (Lipinski definition) is 1. The number of carbonyl (C=O) groups is 1. The molecular weight excluding hydrogens is 298 g/mol. The Labute approximate surface area is 133 Å². The molecule has 7 heteroatoms. The molecule has 0 bridgehead atoms. The van der Waals surface area contributed by atoms with Crippen molar-refractivity contribution in [1.82, 2.24) is 20.3 Å². The van der Waals surface area contributed by atoms with Gasteiger partial charge >= 0.3 is 0 Å². The number of hydrogen-bond acceptors (Lipinski definition) is 6. The first-order chi connectivity index (χ1) is 10.7. The zero-order valence-corrected chi connectivity index (χ0v) is 13.3. The van der Waals surface area contributed by atoms with Crippen molar-refractivity contribution in [3.8, 4) is 0 Å². The van der Waals surface area contributed by atoms with Gasteiger partial charge in [-0.15, -0.1) is 11.3 Å². The molecule has 1 saturated heterocycles. The summed E-state index contributed by atoms with van der Waals surface area (Å²) in [6, 6.07) is 1.84. The van der Waals surface area contributed by atoms with Crippen molar-refractivity contribution in [2.45, 2.75) is 25.8 Å². The van der Waals surface area contributed by atoms with Gasteiger partial charge in [0.2, 0.25) is 11.9 Å². The van der Waals surface area contributed by atoms with E-state index in [1.54, 1.807) is 36.9 Å². The normalized spacial score (nSPS) is 17.2. The lowest BCUT2D eigenvalue weighted by Gasteiger charge is -2.35. The summed E-state index contributed by atoms with van der Waals surface area (Å²) >= 11 is 1.60. The summed E-state index contributed by atoms with van der Waals surface area (Å²) in [7, 11) is 0. The molecule has 3 heterocycles. The van der Waals surface area contributed by atoms with Crippen LogP contribution < -0.4 is 10.2 Å². The Morgan fingerprint density at radius 1 is 1.27 bits per heavy atom. The minimum absolute atomic E-state index is 0.00553. The van der Waals surface area contributed by atoms with Crippen molar-refractivity contribution in [2.24, 2.45) is 5.92 Å². The number of aromatic nitrogens is 3. The van der Waals surface area contributed by atoms with Gasteiger partial charge in [-0.1, -0.05) is 0 Å². The van der Waals surface area contributed by atoms with Gasteiger partial charge in [0.15, 0.2) is 0 Å². The van der Waals surface area contributed by atoms with Crippen LogP contribution in [-0.4, -0.2) is 33.9 Å². The van der Waals surface area contributed by atoms with Gasteiger partial charge in [-0.05, 0) is 24.8 Å². The van der Waals surface area contributed by atoms with Crippen LogP contribution in [0.25, 0.3) is 0 Å². The number of thiazole rings is 1. The smallest absolute Gasteiger partial charge is 0.225 e. The van der Waals surface area contributed by atoms with Crippen LogP contribution in [0.1, 0.15) is 30.8 Å². The summed E-state index contributed by atoms with van der Waals surface area (Å²) in [6.45, 7) is 3.36. The second kappa shape index (κ2) is 6.83. The van der Waals surface area contributed by atoms with E-state index in [0.717, 1.165) is 36.9 Å². The van der Waals surface area contributed by atoms with Crippen LogP contribution in [0.4, 0.5) is 5.95 Å². The molecule has 2 aromatic heterocycles. The van der Waals surface area contributed by atoms with E-state index >= 15 is 0 Å². The van der Waals surface area contributed by atoms with Crippen LogP contribution in [0.15, 0.2) is 30.0 Å². The molecule has 116 valence electrons. The van der Waals surface area contributed by atoms with E-state index in [-0.39, 0.29) is 11.9 Å². The minimum atomic E-state index is -0.00553. The van der Waals surface area contributed by atoms with Gasteiger partial charge in [-0.25, -0.2) is 15.0 Å². The molecule has 0 aromatic carbocycles. The first kappa shape index (κ1) is 14.9. The van der Waals surface area contributed by atoms with Crippen molar-refractivity contribution in [1.29, 1.82) is 0 Å². The molecule has 1 N–H and O–H groups in total. The molecule has 1 aliphatic heterocycles. The number of amides is 1. The third kappa shape index (κ3) is 3.41. The maximum absolute atomic E-state index is 11.5. The van der Waals surface area contributed by atoms with E-state index in [2.05, 4.69) is 25.2 Å². The Morgan fingerprint density at radius 2 is 2.00 bits per heavy atom. The lowest BCUT2D eigenvalue weighted by atomic mass is 9.89. The van der Waals surface area contributed by atoms with Crippen molar-refractivity contribution < 1.29 is 4.79 Å². The lowest BCUT2D eigenvalue weighted by Crippen LogP contribution is -2.40. The third-order valence-electron chi connectivity index (χ3n) is 3.92. The first-order valence-electron chi connectivity index (χ1n) is 7.42. The highest BCUT2D eigenvalue weighted by molar-refractivity contribution is 7.09. The predicted molar refractivity (Wildman–Crippen MR) is 85.6 cm³/mol. The van der Waals surface area contributed by atoms with Gasteiger partial charge in [-0.2, -0.15) is 0 Å². The van der Waals surface area contributed by atoms with Gasteiger partial charge in [-0.3, -0.25) is 4.79 Å². The summed E-state index contributed by atoms with van der Waals surface area (Å²) in [5.41, 5.74) is 0. The maximum Gasteiger partial charge on any atom is 0.225 e. The molecule has 2 aromatic rings. The van der Waals surface area contributed by atoms with Crippen molar-refractivity contribution in [2.75, 3.05) is 18.0 Å². The van der Waals surface area contributed by atoms with E-state index < -0.39 is 0 Å². The van der Waals surface area contributed by atoms with E-state index in [9.17, 15) is 4.79 Å². The number of carbonyl (C=O) groups excluding carboxylic acids is 1. The molecule has 3 rings (SSSR count). The molecule has 1 aliphatic rings.